The first-order valence-electron chi connectivity index (χ1n) is 4.92. The molecule has 0 amide bonds. The van der Waals surface area contributed by atoms with Gasteiger partial charge in [0.2, 0.25) is 0 Å². The van der Waals surface area contributed by atoms with E-state index in [1.165, 1.54) is 0 Å². The van der Waals surface area contributed by atoms with Gasteiger partial charge in [0, 0.05) is 12.6 Å². The molecule has 1 heterocycles. The number of rotatable bonds is 1. The smallest absolute Gasteiger partial charge is 0.271 e. The SMILES string of the molecule is CC1CCCCN1c1c(O)c(=O)c1=O. The van der Waals surface area contributed by atoms with E-state index in [0.717, 1.165) is 25.8 Å². The predicted molar refractivity (Wildman–Crippen MR) is 53.7 cm³/mol. The van der Waals surface area contributed by atoms with Crippen molar-refractivity contribution in [2.24, 2.45) is 0 Å². The maximum atomic E-state index is 11.2. The lowest BCUT2D eigenvalue weighted by molar-refractivity contribution is 0.439. The van der Waals surface area contributed by atoms with Gasteiger partial charge in [0.1, 0.15) is 5.69 Å². The summed E-state index contributed by atoms with van der Waals surface area (Å²) in [4.78, 5) is 23.9. The molecule has 76 valence electrons. The predicted octanol–water partition coefficient (Wildman–Crippen LogP) is 0.367. The summed E-state index contributed by atoms with van der Waals surface area (Å²) in [5.74, 6) is -0.344. The van der Waals surface area contributed by atoms with Gasteiger partial charge in [0.15, 0.2) is 5.75 Å². The first kappa shape index (κ1) is 9.24. The van der Waals surface area contributed by atoms with Crippen LogP contribution in [0.15, 0.2) is 9.59 Å². The number of aromatic hydroxyl groups is 1. The Morgan fingerprint density at radius 1 is 1.29 bits per heavy atom. The first-order valence-corrected chi connectivity index (χ1v) is 4.92. The van der Waals surface area contributed by atoms with Crippen LogP contribution < -0.4 is 15.8 Å². The van der Waals surface area contributed by atoms with Crippen LogP contribution in [0, 0.1) is 0 Å². The van der Waals surface area contributed by atoms with Crippen molar-refractivity contribution < 1.29 is 5.11 Å². The highest BCUT2D eigenvalue weighted by atomic mass is 16.3. The van der Waals surface area contributed by atoms with E-state index in [4.69, 9.17) is 0 Å². The van der Waals surface area contributed by atoms with Gasteiger partial charge in [0.25, 0.3) is 10.9 Å². The quantitative estimate of drug-likeness (QED) is 0.658. The van der Waals surface area contributed by atoms with E-state index >= 15 is 0 Å². The second-order valence-corrected chi connectivity index (χ2v) is 3.89. The number of anilines is 1. The van der Waals surface area contributed by atoms with Crippen molar-refractivity contribution >= 4 is 5.69 Å². The molecule has 1 saturated heterocycles. The zero-order valence-electron chi connectivity index (χ0n) is 8.12. The minimum Gasteiger partial charge on any atom is -0.502 e. The average Bonchev–Trinajstić information content (AvgIpc) is 2.21. The summed E-state index contributed by atoms with van der Waals surface area (Å²) in [6.45, 7) is 2.77. The van der Waals surface area contributed by atoms with E-state index in [1.807, 2.05) is 11.8 Å². The van der Waals surface area contributed by atoms with Crippen LogP contribution >= 0.6 is 0 Å². The van der Waals surface area contributed by atoms with Crippen LogP contribution in [0.5, 0.6) is 5.75 Å². The van der Waals surface area contributed by atoms with E-state index in [1.54, 1.807) is 0 Å². The highest BCUT2D eigenvalue weighted by Crippen LogP contribution is 2.27. The molecule has 1 atom stereocenters. The second-order valence-electron chi connectivity index (χ2n) is 3.89. The first-order chi connectivity index (χ1) is 6.63. The third-order valence-electron chi connectivity index (χ3n) is 2.95. The molecule has 1 unspecified atom stereocenters. The monoisotopic (exact) mass is 195 g/mol. The van der Waals surface area contributed by atoms with Gasteiger partial charge in [-0.2, -0.15) is 0 Å². The Bertz CT molecular complexity index is 417. The molecule has 0 aromatic heterocycles. The Labute approximate surface area is 81.5 Å². The fourth-order valence-corrected chi connectivity index (χ4v) is 2.06. The highest BCUT2D eigenvalue weighted by Gasteiger charge is 2.29. The van der Waals surface area contributed by atoms with Crippen molar-refractivity contribution in [3.63, 3.8) is 0 Å². The number of nitrogens with zero attached hydrogens (tertiary/aromatic N) is 1. The minimum absolute atomic E-state index is 0.238. The maximum absolute atomic E-state index is 11.2. The Balaban J connectivity index is 2.31. The third-order valence-corrected chi connectivity index (χ3v) is 2.95. The molecule has 0 bridgehead atoms. The molecule has 0 saturated carbocycles. The van der Waals surface area contributed by atoms with Gasteiger partial charge in [-0.15, -0.1) is 0 Å². The molecule has 4 nitrogen and oxygen atoms in total. The number of piperidine rings is 1. The van der Waals surface area contributed by atoms with Crippen LogP contribution in [0.25, 0.3) is 0 Å². The van der Waals surface area contributed by atoms with Crippen LogP contribution in [-0.2, 0) is 0 Å². The normalized spacial score (nSPS) is 22.9. The Morgan fingerprint density at radius 3 is 2.57 bits per heavy atom. The second kappa shape index (κ2) is 3.12. The minimum atomic E-state index is -0.738. The molecule has 1 N–H and O–H groups in total. The van der Waals surface area contributed by atoms with Crippen molar-refractivity contribution in [2.45, 2.75) is 32.2 Å². The molecule has 0 spiro atoms. The van der Waals surface area contributed by atoms with Crippen LogP contribution in [0.2, 0.25) is 0 Å². The average molecular weight is 195 g/mol. The highest BCUT2D eigenvalue weighted by molar-refractivity contribution is 5.63. The van der Waals surface area contributed by atoms with Crippen LogP contribution in [-0.4, -0.2) is 17.7 Å². The van der Waals surface area contributed by atoms with E-state index in [0.29, 0.717) is 0 Å². The number of hydrogen-bond acceptors (Lipinski definition) is 4. The van der Waals surface area contributed by atoms with Gasteiger partial charge >= 0.3 is 0 Å². The summed E-state index contributed by atoms with van der Waals surface area (Å²) >= 11 is 0. The molecule has 1 aliphatic rings. The molecule has 1 aromatic rings. The topological polar surface area (TPSA) is 57.6 Å². The Morgan fingerprint density at radius 2 is 2.00 bits per heavy atom. The Kier molecular flexibility index (Phi) is 2.06. The fraction of sp³-hybridized carbons (Fsp3) is 0.600. The van der Waals surface area contributed by atoms with Gasteiger partial charge in [0.05, 0.1) is 0 Å². The van der Waals surface area contributed by atoms with E-state index in [9.17, 15) is 14.7 Å². The molecule has 4 heteroatoms. The third kappa shape index (κ3) is 1.14. The lowest BCUT2D eigenvalue weighted by Gasteiger charge is -2.35. The van der Waals surface area contributed by atoms with Crippen molar-refractivity contribution in [3.05, 3.63) is 20.4 Å². The van der Waals surface area contributed by atoms with Crippen molar-refractivity contribution in [1.82, 2.24) is 0 Å². The summed E-state index contributed by atoms with van der Waals surface area (Å²) in [6.07, 6.45) is 3.18. The van der Waals surface area contributed by atoms with Gasteiger partial charge in [-0.05, 0) is 26.2 Å². The molecule has 1 aromatic carbocycles. The zero-order valence-corrected chi connectivity index (χ0v) is 8.12. The Hall–Kier alpha value is -1.32. The summed E-state index contributed by atoms with van der Waals surface area (Å²) in [6, 6.07) is 0.248. The molecule has 1 fully saturated rings. The van der Waals surface area contributed by atoms with E-state index < -0.39 is 10.9 Å². The summed E-state index contributed by atoms with van der Waals surface area (Å²) in [7, 11) is 0. The molecule has 0 radical (unpaired) electrons. The largest absolute Gasteiger partial charge is 0.502 e. The van der Waals surface area contributed by atoms with Crippen LogP contribution in [0.3, 0.4) is 0 Å². The van der Waals surface area contributed by atoms with Gasteiger partial charge < -0.3 is 10.0 Å². The fourth-order valence-electron chi connectivity index (χ4n) is 2.06. The van der Waals surface area contributed by atoms with Crippen molar-refractivity contribution in [2.75, 3.05) is 11.4 Å². The summed E-state index contributed by atoms with van der Waals surface area (Å²) in [5.41, 5.74) is -1.03. The molecule has 14 heavy (non-hydrogen) atoms. The van der Waals surface area contributed by atoms with Crippen LogP contribution in [0.1, 0.15) is 26.2 Å². The van der Waals surface area contributed by atoms with Gasteiger partial charge in [-0.1, -0.05) is 0 Å². The molecular formula is C10H13NO3. The summed E-state index contributed by atoms with van der Waals surface area (Å²) < 4.78 is 0. The maximum Gasteiger partial charge on any atom is 0.271 e. The zero-order chi connectivity index (χ0) is 10.3. The van der Waals surface area contributed by atoms with Gasteiger partial charge in [-0.25, -0.2) is 0 Å². The van der Waals surface area contributed by atoms with Crippen molar-refractivity contribution in [1.29, 1.82) is 0 Å². The van der Waals surface area contributed by atoms with Gasteiger partial charge in [-0.3, -0.25) is 9.59 Å². The number of hydrogen-bond donors (Lipinski definition) is 1. The summed E-state index contributed by atoms with van der Waals surface area (Å²) in [5, 5.41) is 9.28. The van der Waals surface area contributed by atoms with E-state index in [2.05, 4.69) is 0 Å². The molecular weight excluding hydrogens is 182 g/mol. The van der Waals surface area contributed by atoms with Crippen LogP contribution in [0.4, 0.5) is 5.69 Å². The standard InChI is InChI=1S/C10H13NO3/c1-6-4-2-3-5-11(6)7-8(12)10(14)9(7)13/h6,12H,2-5H2,1H3. The molecule has 1 aliphatic heterocycles. The molecule has 0 aliphatic carbocycles. The van der Waals surface area contributed by atoms with Crippen molar-refractivity contribution in [3.8, 4) is 5.75 Å². The van der Waals surface area contributed by atoms with E-state index in [-0.39, 0.29) is 17.5 Å². The molecule has 2 rings (SSSR count). The lowest BCUT2D eigenvalue weighted by Crippen LogP contribution is -2.46. The lowest BCUT2D eigenvalue weighted by atomic mass is 10.0.